The minimum absolute atomic E-state index is 0.00428. The van der Waals surface area contributed by atoms with Crippen molar-refractivity contribution in [3.8, 4) is 34.5 Å². The summed E-state index contributed by atoms with van der Waals surface area (Å²) in [5, 5.41) is 64.2. The fraction of sp³-hybridized carbons (Fsp3) is 0.484. The number of phenols is 1. The van der Waals surface area contributed by atoms with E-state index in [-0.39, 0.29) is 45.6 Å². The third kappa shape index (κ3) is 7.03. The van der Waals surface area contributed by atoms with Gasteiger partial charge in [0.2, 0.25) is 23.5 Å². The zero-order chi connectivity index (χ0) is 35.6. The van der Waals surface area contributed by atoms with Crippen LogP contribution in [0, 0.1) is 0 Å². The maximum absolute atomic E-state index is 12.7. The Morgan fingerprint density at radius 2 is 1.55 bits per heavy atom. The lowest BCUT2D eigenvalue weighted by molar-refractivity contribution is -0.289. The predicted molar refractivity (Wildman–Crippen MR) is 161 cm³/mol. The quantitative estimate of drug-likeness (QED) is 0.0985. The van der Waals surface area contributed by atoms with Gasteiger partial charge >= 0.3 is 11.6 Å². The average Bonchev–Trinajstić information content (AvgIpc) is 3.38. The molecule has 2 aromatic carbocycles. The predicted octanol–water partition coefficient (Wildman–Crippen LogP) is -0.959. The van der Waals surface area contributed by atoms with Gasteiger partial charge in [0.1, 0.15) is 37.1 Å². The first-order valence-corrected chi connectivity index (χ1v) is 14.7. The van der Waals surface area contributed by atoms with E-state index in [0.29, 0.717) is 5.39 Å². The number of rotatable bonds is 12. The summed E-state index contributed by atoms with van der Waals surface area (Å²) >= 11 is 0. The van der Waals surface area contributed by atoms with Crippen molar-refractivity contribution in [2.75, 3.05) is 48.3 Å². The van der Waals surface area contributed by atoms with Crippen LogP contribution in [0.25, 0.3) is 11.0 Å². The fourth-order valence-corrected chi connectivity index (χ4v) is 5.25. The van der Waals surface area contributed by atoms with E-state index in [1.54, 1.807) is 0 Å². The summed E-state index contributed by atoms with van der Waals surface area (Å²) < 4.78 is 53.8. The SMILES string of the molecule is COc1cc(C(=O)OC[C@]2(O)CO[C@@H](OC[C@H]3O[C@@H](Oc4c(OC)cc5ccc(=O)oc5c4OC)[C@H](O)[C@@H](O)[C@@H]3O)[C@@H]2O)cc(OC)c1O. The molecule has 8 atom stereocenters. The van der Waals surface area contributed by atoms with E-state index < -0.39 is 80.1 Å². The Labute approximate surface area is 277 Å². The summed E-state index contributed by atoms with van der Waals surface area (Å²) in [6.07, 6.45) is -11.7. The number of benzene rings is 2. The van der Waals surface area contributed by atoms with Gasteiger partial charge in [-0.2, -0.15) is 0 Å². The van der Waals surface area contributed by atoms with Crippen molar-refractivity contribution in [2.24, 2.45) is 0 Å². The van der Waals surface area contributed by atoms with Crippen LogP contribution >= 0.6 is 0 Å². The lowest BCUT2D eigenvalue weighted by atomic mass is 9.99. The molecule has 0 aliphatic carbocycles. The number of aliphatic hydroxyl groups is 5. The Bertz CT molecular complexity index is 1680. The maximum Gasteiger partial charge on any atom is 0.338 e. The van der Waals surface area contributed by atoms with Crippen LogP contribution in [0.5, 0.6) is 34.5 Å². The Kier molecular flexibility index (Phi) is 10.7. The highest BCUT2D eigenvalue weighted by molar-refractivity contribution is 5.91. The van der Waals surface area contributed by atoms with Gasteiger partial charge in [-0.1, -0.05) is 0 Å². The second-order valence-corrected chi connectivity index (χ2v) is 11.1. The molecule has 18 heteroatoms. The van der Waals surface area contributed by atoms with Gasteiger partial charge in [-0.15, -0.1) is 0 Å². The molecule has 5 rings (SSSR count). The zero-order valence-corrected chi connectivity index (χ0v) is 26.6. The van der Waals surface area contributed by atoms with Crippen molar-refractivity contribution in [2.45, 2.75) is 48.7 Å². The molecule has 0 radical (unpaired) electrons. The molecular weight excluding hydrogens is 660 g/mol. The molecular formula is C31H36O18. The second kappa shape index (κ2) is 14.6. The van der Waals surface area contributed by atoms with E-state index in [9.17, 15) is 40.2 Å². The number of hydrogen-bond acceptors (Lipinski definition) is 18. The van der Waals surface area contributed by atoms with Crippen molar-refractivity contribution in [1.82, 2.24) is 0 Å². The summed E-state index contributed by atoms with van der Waals surface area (Å²) in [5.41, 5.74) is -2.88. The number of carbonyl (C=O) groups is 1. The molecule has 3 aromatic rings. The van der Waals surface area contributed by atoms with Gasteiger partial charge in [0.25, 0.3) is 0 Å². The van der Waals surface area contributed by atoms with E-state index >= 15 is 0 Å². The van der Waals surface area contributed by atoms with Crippen LogP contribution in [0.1, 0.15) is 10.4 Å². The standard InChI is InChI=1S/C31H36O18/c1-40-15-8-14(9-16(41-2)20(15)33)28(38)45-11-31(39)12-46-30(27(31)37)44-10-18-21(34)22(35)23(36)29(47-18)49-25-17(42-3)7-13-5-6-19(32)48-24(13)26(25)43-4/h5-9,18,21-23,27,29-30,33-37,39H,10-12H2,1-4H3/t18-,21-,22+,23-,27+,29+,30-,31+/m1/s1. The highest BCUT2D eigenvalue weighted by atomic mass is 16.7. The van der Waals surface area contributed by atoms with Crippen molar-refractivity contribution >= 4 is 16.9 Å². The van der Waals surface area contributed by atoms with E-state index in [2.05, 4.69) is 0 Å². The second-order valence-electron chi connectivity index (χ2n) is 11.1. The average molecular weight is 697 g/mol. The van der Waals surface area contributed by atoms with Crippen LogP contribution in [0.2, 0.25) is 0 Å². The van der Waals surface area contributed by atoms with Gasteiger partial charge in [-0.3, -0.25) is 0 Å². The highest BCUT2D eigenvalue weighted by Gasteiger charge is 2.51. The fourth-order valence-electron chi connectivity index (χ4n) is 5.25. The third-order valence-electron chi connectivity index (χ3n) is 8.01. The summed E-state index contributed by atoms with van der Waals surface area (Å²) in [4.78, 5) is 24.6. The van der Waals surface area contributed by atoms with E-state index in [1.807, 2.05) is 0 Å². The zero-order valence-electron chi connectivity index (χ0n) is 26.6. The summed E-state index contributed by atoms with van der Waals surface area (Å²) in [7, 11) is 5.15. The molecule has 2 saturated heterocycles. The monoisotopic (exact) mass is 696 g/mol. The summed E-state index contributed by atoms with van der Waals surface area (Å²) in [6, 6.07) is 6.54. The Hall–Kier alpha value is -4.40. The summed E-state index contributed by atoms with van der Waals surface area (Å²) in [5.74, 6) is -1.56. The molecule has 0 unspecified atom stereocenters. The number of methoxy groups -OCH3 is 4. The van der Waals surface area contributed by atoms with Gasteiger partial charge in [-0.05, 0) is 24.3 Å². The molecule has 0 bridgehead atoms. The Balaban J connectivity index is 1.25. The van der Waals surface area contributed by atoms with Crippen molar-refractivity contribution in [3.63, 3.8) is 0 Å². The van der Waals surface area contributed by atoms with Crippen molar-refractivity contribution in [3.05, 3.63) is 46.3 Å². The minimum Gasteiger partial charge on any atom is -0.502 e. The number of hydrogen-bond donors (Lipinski definition) is 6. The van der Waals surface area contributed by atoms with Gasteiger partial charge in [0, 0.05) is 11.5 Å². The maximum atomic E-state index is 12.7. The van der Waals surface area contributed by atoms with Gasteiger partial charge in [0.15, 0.2) is 34.7 Å². The molecule has 2 aliphatic rings. The Morgan fingerprint density at radius 1 is 0.878 bits per heavy atom. The first-order valence-electron chi connectivity index (χ1n) is 14.7. The lowest BCUT2D eigenvalue weighted by Gasteiger charge is -2.40. The minimum atomic E-state index is -2.13. The van der Waals surface area contributed by atoms with Gasteiger partial charge in [0.05, 0.1) is 47.2 Å². The van der Waals surface area contributed by atoms with Crippen molar-refractivity contribution < 1.29 is 82.5 Å². The van der Waals surface area contributed by atoms with Gasteiger partial charge < -0.3 is 77.7 Å². The molecule has 268 valence electrons. The highest BCUT2D eigenvalue weighted by Crippen LogP contribution is 2.44. The van der Waals surface area contributed by atoms with Crippen LogP contribution in [0.4, 0.5) is 0 Å². The first kappa shape index (κ1) is 35.9. The first-order chi connectivity index (χ1) is 23.3. The lowest BCUT2D eigenvalue weighted by Crippen LogP contribution is -2.60. The topological polar surface area (TPSA) is 252 Å². The molecule has 1 aromatic heterocycles. The Morgan fingerprint density at radius 3 is 2.18 bits per heavy atom. The van der Waals surface area contributed by atoms with Crippen LogP contribution in [0.15, 0.2) is 39.5 Å². The number of fused-ring (bicyclic) bond motifs is 1. The number of aliphatic hydroxyl groups excluding tert-OH is 4. The van der Waals surface area contributed by atoms with Crippen LogP contribution < -0.4 is 29.3 Å². The van der Waals surface area contributed by atoms with Crippen LogP contribution in [0.3, 0.4) is 0 Å². The molecule has 0 spiro atoms. The number of phenolic OH excluding ortho intramolecular Hbond substituents is 1. The molecule has 18 nitrogen and oxygen atoms in total. The number of carbonyl (C=O) groups excluding carboxylic acids is 1. The van der Waals surface area contributed by atoms with E-state index in [0.717, 1.165) is 0 Å². The van der Waals surface area contributed by atoms with Crippen molar-refractivity contribution in [1.29, 1.82) is 0 Å². The van der Waals surface area contributed by atoms with E-state index in [4.69, 9.17) is 47.0 Å². The summed E-state index contributed by atoms with van der Waals surface area (Å²) in [6.45, 7) is -1.83. The number of ether oxygens (including phenoxy) is 9. The molecule has 49 heavy (non-hydrogen) atoms. The van der Waals surface area contributed by atoms with Crippen LogP contribution in [-0.2, 0) is 18.9 Å². The molecule has 2 aliphatic heterocycles. The molecule has 0 amide bonds. The smallest absolute Gasteiger partial charge is 0.338 e. The molecule has 0 saturated carbocycles. The van der Waals surface area contributed by atoms with E-state index in [1.165, 1.54) is 58.8 Å². The molecule has 3 heterocycles. The normalized spacial score (nSPS) is 28.2. The number of aromatic hydroxyl groups is 1. The molecule has 6 N–H and O–H groups in total. The largest absolute Gasteiger partial charge is 0.502 e. The van der Waals surface area contributed by atoms with Gasteiger partial charge in [-0.25, -0.2) is 9.59 Å². The molecule has 2 fully saturated rings. The number of esters is 1. The third-order valence-corrected chi connectivity index (χ3v) is 8.01. The van der Waals surface area contributed by atoms with Crippen LogP contribution in [-0.4, -0.2) is 134 Å².